The van der Waals surface area contributed by atoms with Gasteiger partial charge in [-0.05, 0) is 62.4 Å². The topological polar surface area (TPSA) is 123 Å². The molecule has 1 fully saturated rings. The smallest absolute Gasteiger partial charge is 0.321 e. The Balaban J connectivity index is 1.35. The Kier molecular flexibility index (Phi) is 7.74. The van der Waals surface area contributed by atoms with Crippen molar-refractivity contribution in [2.24, 2.45) is 0 Å². The number of aromatic nitrogens is 2. The number of nitrogens with one attached hydrogen (secondary N) is 1. The summed E-state index contributed by atoms with van der Waals surface area (Å²) >= 11 is 0. The van der Waals surface area contributed by atoms with Crippen LogP contribution in [0.15, 0.2) is 77.6 Å². The molecule has 1 N–H and O–H groups in total. The SMILES string of the molecule is CCOc1ccc(-n2c(C(C)N3CCN(C(=O)Nc4ccc([N+](=O)[O-])cc4)CC3)nc3ccccc3c2=O)cc1. The predicted octanol–water partition coefficient (Wildman–Crippen LogP) is 4.60. The van der Waals surface area contributed by atoms with Gasteiger partial charge in [-0.1, -0.05) is 12.1 Å². The number of fused-ring (bicyclic) bond motifs is 1. The number of nitro benzene ring substituents is 1. The molecule has 4 aromatic rings. The second-order valence-electron chi connectivity index (χ2n) is 9.49. The molecular weight excluding hydrogens is 512 g/mol. The second kappa shape index (κ2) is 11.5. The van der Waals surface area contributed by atoms with E-state index in [1.54, 1.807) is 15.5 Å². The van der Waals surface area contributed by atoms with Gasteiger partial charge in [0.2, 0.25) is 0 Å². The van der Waals surface area contributed by atoms with E-state index in [0.29, 0.717) is 60.9 Å². The highest BCUT2D eigenvalue weighted by Crippen LogP contribution is 2.25. The standard InChI is InChI=1S/C29H30N6O5/c1-3-40-24-14-12-22(13-15-24)34-27(31-26-7-5-4-6-25(26)28(34)36)20(2)32-16-18-33(19-17-32)29(37)30-21-8-10-23(11-9-21)35(38)39/h4-15,20H,3,16-19H2,1-2H3,(H,30,37). The number of rotatable bonds is 7. The van der Waals surface area contributed by atoms with Gasteiger partial charge < -0.3 is 15.0 Å². The molecule has 0 bridgehead atoms. The van der Waals surface area contributed by atoms with Crippen LogP contribution in [0.2, 0.25) is 0 Å². The third-order valence-electron chi connectivity index (χ3n) is 7.06. The van der Waals surface area contributed by atoms with Gasteiger partial charge in [0.05, 0.1) is 34.2 Å². The zero-order valence-corrected chi connectivity index (χ0v) is 22.3. The molecule has 1 saturated heterocycles. The Labute approximate surface area is 230 Å². The molecule has 0 radical (unpaired) electrons. The molecule has 1 atom stereocenters. The number of piperazine rings is 1. The van der Waals surface area contributed by atoms with Crippen LogP contribution in [0.5, 0.6) is 5.75 Å². The number of ether oxygens (including phenoxy) is 1. The van der Waals surface area contributed by atoms with Gasteiger partial charge in [0.15, 0.2) is 0 Å². The minimum absolute atomic E-state index is 0.0355. The summed E-state index contributed by atoms with van der Waals surface area (Å²) < 4.78 is 7.24. The third kappa shape index (κ3) is 5.50. The van der Waals surface area contributed by atoms with Crippen LogP contribution in [0.25, 0.3) is 16.6 Å². The van der Waals surface area contributed by atoms with Gasteiger partial charge in [-0.3, -0.25) is 24.4 Å². The maximum Gasteiger partial charge on any atom is 0.321 e. The summed E-state index contributed by atoms with van der Waals surface area (Å²) in [6.07, 6.45) is 0. The predicted molar refractivity (Wildman–Crippen MR) is 152 cm³/mol. The van der Waals surface area contributed by atoms with Crippen LogP contribution in [0.3, 0.4) is 0 Å². The van der Waals surface area contributed by atoms with Crippen molar-refractivity contribution in [1.29, 1.82) is 0 Å². The van der Waals surface area contributed by atoms with E-state index in [9.17, 15) is 19.7 Å². The summed E-state index contributed by atoms with van der Waals surface area (Å²) in [6, 6.07) is 20.0. The van der Waals surface area contributed by atoms with Crippen LogP contribution in [0, 0.1) is 10.1 Å². The van der Waals surface area contributed by atoms with Gasteiger partial charge in [-0.15, -0.1) is 0 Å². The Morgan fingerprint density at radius 1 is 1.02 bits per heavy atom. The van der Waals surface area contributed by atoms with E-state index >= 15 is 0 Å². The van der Waals surface area contributed by atoms with E-state index in [1.807, 2.05) is 56.3 Å². The number of amides is 2. The van der Waals surface area contributed by atoms with Gasteiger partial charge in [0.1, 0.15) is 11.6 Å². The van der Waals surface area contributed by atoms with E-state index in [1.165, 1.54) is 24.3 Å². The van der Waals surface area contributed by atoms with Gasteiger partial charge in [0.25, 0.3) is 11.2 Å². The van der Waals surface area contributed by atoms with Crippen molar-refractivity contribution >= 4 is 28.3 Å². The molecule has 1 unspecified atom stereocenters. The molecule has 5 rings (SSSR count). The molecule has 0 aliphatic carbocycles. The van der Waals surface area contributed by atoms with Gasteiger partial charge >= 0.3 is 6.03 Å². The number of anilines is 1. The Morgan fingerprint density at radius 3 is 2.35 bits per heavy atom. The van der Waals surface area contributed by atoms with Gasteiger partial charge in [0, 0.05) is 44.0 Å². The number of non-ortho nitro benzene ring substituents is 1. The average Bonchev–Trinajstić information content (AvgIpc) is 2.98. The molecule has 40 heavy (non-hydrogen) atoms. The van der Waals surface area contributed by atoms with Crippen molar-refractivity contribution in [1.82, 2.24) is 19.4 Å². The lowest BCUT2D eigenvalue weighted by atomic mass is 10.1. The van der Waals surface area contributed by atoms with Crippen LogP contribution in [0.1, 0.15) is 25.7 Å². The summed E-state index contributed by atoms with van der Waals surface area (Å²) in [6.45, 7) is 6.62. The largest absolute Gasteiger partial charge is 0.494 e. The second-order valence-corrected chi connectivity index (χ2v) is 9.49. The van der Waals surface area contributed by atoms with E-state index in [-0.39, 0.29) is 23.3 Å². The van der Waals surface area contributed by atoms with Crippen molar-refractivity contribution in [3.8, 4) is 11.4 Å². The zero-order valence-electron chi connectivity index (χ0n) is 22.3. The van der Waals surface area contributed by atoms with Crippen LogP contribution >= 0.6 is 0 Å². The highest BCUT2D eigenvalue weighted by atomic mass is 16.6. The van der Waals surface area contributed by atoms with Crippen molar-refractivity contribution in [2.45, 2.75) is 19.9 Å². The highest BCUT2D eigenvalue weighted by Gasteiger charge is 2.28. The lowest BCUT2D eigenvalue weighted by molar-refractivity contribution is -0.384. The summed E-state index contributed by atoms with van der Waals surface area (Å²) in [7, 11) is 0. The molecule has 11 heteroatoms. The fourth-order valence-electron chi connectivity index (χ4n) is 4.88. The van der Waals surface area contributed by atoms with E-state index in [4.69, 9.17) is 9.72 Å². The number of urea groups is 1. The molecule has 1 aliphatic heterocycles. The van der Waals surface area contributed by atoms with E-state index < -0.39 is 4.92 Å². The van der Waals surface area contributed by atoms with E-state index in [2.05, 4.69) is 10.2 Å². The first kappa shape index (κ1) is 26.8. The molecule has 0 saturated carbocycles. The van der Waals surface area contributed by atoms with Crippen molar-refractivity contribution in [3.63, 3.8) is 0 Å². The number of hydrogen-bond acceptors (Lipinski definition) is 7. The number of nitrogens with zero attached hydrogens (tertiary/aromatic N) is 5. The number of carbonyl (C=O) groups is 1. The number of carbonyl (C=O) groups excluding carboxylic acids is 1. The number of benzene rings is 3. The van der Waals surface area contributed by atoms with Crippen molar-refractivity contribution in [3.05, 3.63) is 99.1 Å². The molecule has 1 aliphatic rings. The minimum atomic E-state index is -0.480. The Hall–Kier alpha value is -4.77. The van der Waals surface area contributed by atoms with E-state index in [0.717, 1.165) is 5.75 Å². The summed E-state index contributed by atoms with van der Waals surface area (Å²) in [5.41, 5.74) is 1.66. The molecule has 206 valence electrons. The van der Waals surface area contributed by atoms with Crippen LogP contribution in [-0.4, -0.2) is 63.1 Å². The zero-order chi connectivity index (χ0) is 28.2. The fraction of sp³-hybridized carbons (Fsp3) is 0.276. The van der Waals surface area contributed by atoms with Crippen molar-refractivity contribution in [2.75, 3.05) is 38.1 Å². The summed E-state index contributed by atoms with van der Waals surface area (Å²) in [5.74, 6) is 1.35. The lowest BCUT2D eigenvalue weighted by Crippen LogP contribution is -2.51. The first-order valence-corrected chi connectivity index (χ1v) is 13.1. The monoisotopic (exact) mass is 542 g/mol. The molecule has 0 spiro atoms. The molecule has 2 amide bonds. The van der Waals surface area contributed by atoms with Crippen LogP contribution in [0.4, 0.5) is 16.2 Å². The Bertz CT molecular complexity index is 1580. The number of hydrogen-bond donors (Lipinski definition) is 1. The first-order valence-electron chi connectivity index (χ1n) is 13.1. The summed E-state index contributed by atoms with van der Waals surface area (Å²) in [5, 5.41) is 14.2. The fourth-order valence-corrected chi connectivity index (χ4v) is 4.88. The number of para-hydroxylation sites is 1. The van der Waals surface area contributed by atoms with Crippen LogP contribution in [-0.2, 0) is 0 Å². The lowest BCUT2D eigenvalue weighted by Gasteiger charge is -2.38. The number of nitro groups is 1. The van der Waals surface area contributed by atoms with Crippen molar-refractivity contribution < 1.29 is 14.5 Å². The summed E-state index contributed by atoms with van der Waals surface area (Å²) in [4.78, 5) is 45.8. The molecule has 11 nitrogen and oxygen atoms in total. The van der Waals surface area contributed by atoms with Gasteiger partial charge in [-0.2, -0.15) is 0 Å². The maximum atomic E-state index is 13.7. The third-order valence-corrected chi connectivity index (χ3v) is 7.06. The molecule has 3 aromatic carbocycles. The molecule has 1 aromatic heterocycles. The molecule has 2 heterocycles. The Morgan fingerprint density at radius 2 is 1.70 bits per heavy atom. The molecular formula is C29H30N6O5. The van der Waals surface area contributed by atoms with Gasteiger partial charge in [-0.25, -0.2) is 9.78 Å². The minimum Gasteiger partial charge on any atom is -0.494 e. The quantitative estimate of drug-likeness (QED) is 0.267. The maximum absolute atomic E-state index is 13.7. The normalized spacial score (nSPS) is 14.6. The first-order chi connectivity index (χ1) is 19.4. The van der Waals surface area contributed by atoms with Crippen LogP contribution < -0.4 is 15.6 Å². The average molecular weight is 543 g/mol. The highest BCUT2D eigenvalue weighted by molar-refractivity contribution is 5.89.